The second kappa shape index (κ2) is 6.04. The van der Waals surface area contributed by atoms with Gasteiger partial charge in [0, 0.05) is 4.88 Å². The van der Waals surface area contributed by atoms with Gasteiger partial charge >= 0.3 is 6.03 Å². The van der Waals surface area contributed by atoms with E-state index in [0.29, 0.717) is 5.13 Å². The minimum atomic E-state index is -1.08. The largest absolute Gasteiger partial charge is 0.383 e. The van der Waals surface area contributed by atoms with Crippen LogP contribution in [0.2, 0.25) is 0 Å². The zero-order valence-electron chi connectivity index (χ0n) is 11.9. The van der Waals surface area contributed by atoms with Crippen LogP contribution in [0.3, 0.4) is 0 Å². The van der Waals surface area contributed by atoms with Gasteiger partial charge in [-0.25, -0.2) is 9.78 Å². The summed E-state index contributed by atoms with van der Waals surface area (Å²) in [5.74, 6) is 0. The second-order valence-corrected chi connectivity index (χ2v) is 7.02. The molecular formula is C15H15N3O2S2. The van der Waals surface area contributed by atoms with Gasteiger partial charge in [0.05, 0.1) is 16.8 Å². The lowest BCUT2D eigenvalue weighted by Crippen LogP contribution is -2.40. The highest BCUT2D eigenvalue weighted by Crippen LogP contribution is 2.26. The number of anilines is 1. The maximum absolute atomic E-state index is 11.9. The average molecular weight is 333 g/mol. The van der Waals surface area contributed by atoms with Crippen molar-refractivity contribution in [2.24, 2.45) is 0 Å². The van der Waals surface area contributed by atoms with Crippen LogP contribution in [0.25, 0.3) is 10.2 Å². The molecule has 2 heterocycles. The Bertz CT molecular complexity index is 748. The van der Waals surface area contributed by atoms with E-state index >= 15 is 0 Å². The second-order valence-electron chi connectivity index (χ2n) is 5.05. The van der Waals surface area contributed by atoms with Crippen LogP contribution in [0.4, 0.5) is 9.93 Å². The number of thiophene rings is 1. The van der Waals surface area contributed by atoms with E-state index in [-0.39, 0.29) is 12.6 Å². The molecular weight excluding hydrogens is 318 g/mol. The lowest BCUT2D eigenvalue weighted by atomic mass is 10.1. The van der Waals surface area contributed by atoms with Gasteiger partial charge in [-0.3, -0.25) is 5.32 Å². The van der Waals surface area contributed by atoms with Gasteiger partial charge < -0.3 is 10.4 Å². The third kappa shape index (κ3) is 3.27. The minimum Gasteiger partial charge on any atom is -0.383 e. The van der Waals surface area contributed by atoms with Crippen molar-refractivity contribution in [3.8, 4) is 0 Å². The fourth-order valence-corrected chi connectivity index (χ4v) is 3.64. The summed E-state index contributed by atoms with van der Waals surface area (Å²) in [4.78, 5) is 17.1. The Hall–Kier alpha value is -1.96. The van der Waals surface area contributed by atoms with E-state index in [4.69, 9.17) is 0 Å². The number of para-hydroxylation sites is 1. The summed E-state index contributed by atoms with van der Waals surface area (Å²) in [5, 5.41) is 18.2. The number of nitrogens with zero attached hydrogens (tertiary/aromatic N) is 1. The maximum atomic E-state index is 11.9. The zero-order chi connectivity index (χ0) is 15.6. The van der Waals surface area contributed by atoms with Crippen molar-refractivity contribution in [3.05, 3.63) is 46.7 Å². The molecule has 3 rings (SSSR count). The van der Waals surface area contributed by atoms with Crippen molar-refractivity contribution < 1.29 is 9.90 Å². The maximum Gasteiger partial charge on any atom is 0.321 e. The highest BCUT2D eigenvalue weighted by molar-refractivity contribution is 7.22. The predicted octanol–water partition coefficient (Wildman–Crippen LogP) is 3.39. The van der Waals surface area contributed by atoms with E-state index in [1.165, 1.54) is 22.7 Å². The number of amides is 2. The number of benzene rings is 1. The van der Waals surface area contributed by atoms with Gasteiger partial charge in [0.25, 0.3) is 0 Å². The number of urea groups is 1. The Labute approximate surface area is 135 Å². The van der Waals surface area contributed by atoms with Gasteiger partial charge in [-0.2, -0.15) is 0 Å². The Morgan fingerprint density at radius 2 is 2.14 bits per heavy atom. The van der Waals surface area contributed by atoms with Crippen molar-refractivity contribution >= 4 is 44.1 Å². The number of hydrogen-bond acceptors (Lipinski definition) is 5. The normalized spacial score (nSPS) is 13.7. The highest BCUT2D eigenvalue weighted by Gasteiger charge is 2.24. The molecule has 5 nitrogen and oxygen atoms in total. The lowest BCUT2D eigenvalue weighted by molar-refractivity contribution is 0.0637. The molecule has 0 saturated heterocycles. The van der Waals surface area contributed by atoms with Crippen LogP contribution in [0, 0.1) is 0 Å². The SMILES string of the molecule is CC(O)(CNC(=O)Nc1nc2ccccc2s1)c1cccs1. The van der Waals surface area contributed by atoms with E-state index in [1.54, 1.807) is 6.92 Å². The average Bonchev–Trinajstić information content (AvgIpc) is 3.14. The standard InChI is InChI=1S/C15H15N3O2S2/c1-15(20,12-7-4-8-21-12)9-16-13(19)18-14-17-10-5-2-3-6-11(10)22-14/h2-8,20H,9H2,1H3,(H2,16,17,18,19). The number of aromatic nitrogens is 1. The Morgan fingerprint density at radius 1 is 1.32 bits per heavy atom. The van der Waals surface area contributed by atoms with Crippen molar-refractivity contribution in [1.29, 1.82) is 0 Å². The van der Waals surface area contributed by atoms with Crippen LogP contribution < -0.4 is 10.6 Å². The molecule has 0 spiro atoms. The molecule has 1 unspecified atom stereocenters. The number of aliphatic hydroxyl groups is 1. The van der Waals surface area contributed by atoms with Crippen molar-refractivity contribution in [1.82, 2.24) is 10.3 Å². The van der Waals surface area contributed by atoms with Crippen LogP contribution in [-0.4, -0.2) is 22.7 Å². The van der Waals surface area contributed by atoms with E-state index in [1.807, 2.05) is 41.8 Å². The van der Waals surface area contributed by atoms with Gasteiger partial charge in [0.1, 0.15) is 5.60 Å². The molecule has 1 aromatic carbocycles. The molecule has 0 fully saturated rings. The molecule has 0 aliphatic rings. The summed E-state index contributed by atoms with van der Waals surface area (Å²) in [5.41, 5.74) is -0.229. The number of thiazole rings is 1. The quantitative estimate of drug-likeness (QED) is 0.685. The number of nitrogens with one attached hydrogen (secondary N) is 2. The lowest BCUT2D eigenvalue weighted by Gasteiger charge is -2.22. The molecule has 0 saturated carbocycles. The third-order valence-corrected chi connectivity index (χ3v) is 5.23. The number of carbonyl (C=O) groups excluding carboxylic acids is 1. The number of hydrogen-bond donors (Lipinski definition) is 3. The first-order valence-corrected chi connectivity index (χ1v) is 8.41. The first kappa shape index (κ1) is 15.0. The number of rotatable bonds is 4. The number of carbonyl (C=O) groups is 1. The summed E-state index contributed by atoms with van der Waals surface area (Å²) in [7, 11) is 0. The van der Waals surface area contributed by atoms with Gasteiger partial charge in [-0.15, -0.1) is 11.3 Å². The van der Waals surface area contributed by atoms with E-state index < -0.39 is 5.60 Å². The van der Waals surface area contributed by atoms with Crippen molar-refractivity contribution in [3.63, 3.8) is 0 Å². The molecule has 22 heavy (non-hydrogen) atoms. The minimum absolute atomic E-state index is 0.129. The Balaban J connectivity index is 1.60. The number of fused-ring (bicyclic) bond motifs is 1. The van der Waals surface area contributed by atoms with Crippen LogP contribution in [0.5, 0.6) is 0 Å². The highest BCUT2D eigenvalue weighted by atomic mass is 32.1. The molecule has 3 aromatic rings. The molecule has 114 valence electrons. The monoisotopic (exact) mass is 333 g/mol. The fraction of sp³-hybridized carbons (Fsp3) is 0.200. The topological polar surface area (TPSA) is 74.2 Å². The van der Waals surface area contributed by atoms with E-state index in [9.17, 15) is 9.90 Å². The molecule has 0 aliphatic carbocycles. The smallest absolute Gasteiger partial charge is 0.321 e. The van der Waals surface area contributed by atoms with E-state index in [2.05, 4.69) is 15.6 Å². The van der Waals surface area contributed by atoms with Gasteiger partial charge in [-0.05, 0) is 30.5 Å². The summed E-state index contributed by atoms with van der Waals surface area (Å²) >= 11 is 2.87. The van der Waals surface area contributed by atoms with Crippen molar-refractivity contribution in [2.45, 2.75) is 12.5 Å². The molecule has 7 heteroatoms. The van der Waals surface area contributed by atoms with Crippen LogP contribution in [-0.2, 0) is 5.60 Å². The molecule has 2 amide bonds. The first-order chi connectivity index (χ1) is 10.5. The third-order valence-electron chi connectivity index (χ3n) is 3.16. The van der Waals surface area contributed by atoms with Gasteiger partial charge in [0.2, 0.25) is 0 Å². The molecule has 0 bridgehead atoms. The summed E-state index contributed by atoms with van der Waals surface area (Å²) < 4.78 is 1.02. The molecule has 1 atom stereocenters. The fourth-order valence-electron chi connectivity index (χ4n) is 1.99. The van der Waals surface area contributed by atoms with Crippen molar-refractivity contribution in [2.75, 3.05) is 11.9 Å². The molecule has 0 aliphatic heterocycles. The predicted molar refractivity (Wildman–Crippen MR) is 90.5 cm³/mol. The zero-order valence-corrected chi connectivity index (χ0v) is 13.5. The Kier molecular flexibility index (Phi) is 4.10. The molecule has 3 N–H and O–H groups in total. The molecule has 0 radical (unpaired) electrons. The first-order valence-electron chi connectivity index (χ1n) is 6.71. The van der Waals surface area contributed by atoms with Gasteiger partial charge in [0.15, 0.2) is 5.13 Å². The summed E-state index contributed by atoms with van der Waals surface area (Å²) in [6, 6.07) is 11.0. The van der Waals surface area contributed by atoms with Crippen LogP contribution in [0.1, 0.15) is 11.8 Å². The van der Waals surface area contributed by atoms with Crippen LogP contribution in [0.15, 0.2) is 41.8 Å². The van der Waals surface area contributed by atoms with E-state index in [0.717, 1.165) is 15.1 Å². The summed E-state index contributed by atoms with van der Waals surface area (Å²) in [6.07, 6.45) is 0. The van der Waals surface area contributed by atoms with Gasteiger partial charge in [-0.1, -0.05) is 29.5 Å². The summed E-state index contributed by atoms with van der Waals surface area (Å²) in [6.45, 7) is 1.81. The Morgan fingerprint density at radius 3 is 2.86 bits per heavy atom. The van der Waals surface area contributed by atoms with Crippen LogP contribution >= 0.6 is 22.7 Å². The molecule has 2 aromatic heterocycles.